The number of hydrogen-bond donors (Lipinski definition) is 0. The van der Waals surface area contributed by atoms with E-state index in [1.165, 1.54) is 49.9 Å². The fourth-order valence-corrected chi connectivity index (χ4v) is 4.47. The van der Waals surface area contributed by atoms with E-state index in [4.69, 9.17) is 0 Å². The predicted octanol–water partition coefficient (Wildman–Crippen LogP) is 4.92. The molecule has 0 atom stereocenters. The summed E-state index contributed by atoms with van der Waals surface area (Å²) in [6, 6.07) is 12.9. The van der Waals surface area contributed by atoms with Gasteiger partial charge in [0.05, 0.1) is 23.6 Å². The smallest absolute Gasteiger partial charge is 0.128 e. The van der Waals surface area contributed by atoms with Crippen molar-refractivity contribution in [3.8, 4) is 16.8 Å². The molecule has 1 aliphatic heterocycles. The van der Waals surface area contributed by atoms with Crippen molar-refractivity contribution in [3.05, 3.63) is 66.7 Å². The zero-order valence-electron chi connectivity index (χ0n) is 18.9. The highest BCUT2D eigenvalue weighted by Crippen LogP contribution is 2.27. The van der Waals surface area contributed by atoms with Gasteiger partial charge in [-0.3, -0.25) is 9.88 Å². The van der Waals surface area contributed by atoms with E-state index in [1.54, 1.807) is 0 Å². The highest BCUT2D eigenvalue weighted by Gasteiger charge is 2.12. The minimum atomic E-state index is 0.931. The molecule has 164 valence electrons. The average Bonchev–Trinajstić information content (AvgIpc) is 3.07. The van der Waals surface area contributed by atoms with Gasteiger partial charge in [-0.2, -0.15) is 5.10 Å². The molecule has 1 aliphatic rings. The summed E-state index contributed by atoms with van der Waals surface area (Å²) < 4.78 is 1.94. The molecule has 4 heterocycles. The molecule has 0 saturated carbocycles. The highest BCUT2D eigenvalue weighted by molar-refractivity contribution is 5.85. The molecule has 0 aliphatic carbocycles. The monoisotopic (exact) mass is 426 g/mol. The van der Waals surface area contributed by atoms with E-state index in [-0.39, 0.29) is 0 Å². The van der Waals surface area contributed by atoms with Gasteiger partial charge >= 0.3 is 0 Å². The van der Waals surface area contributed by atoms with Crippen LogP contribution in [-0.4, -0.2) is 51.8 Å². The predicted molar refractivity (Wildman–Crippen MR) is 130 cm³/mol. The van der Waals surface area contributed by atoms with E-state index >= 15 is 0 Å². The minimum Gasteiger partial charge on any atom is -0.363 e. The topological polar surface area (TPSA) is 50.1 Å². The summed E-state index contributed by atoms with van der Waals surface area (Å²) in [7, 11) is 3.98. The van der Waals surface area contributed by atoms with Crippen molar-refractivity contribution >= 4 is 16.7 Å². The highest BCUT2D eigenvalue weighted by atomic mass is 15.3. The second kappa shape index (κ2) is 9.09. The van der Waals surface area contributed by atoms with Crippen LogP contribution in [0.2, 0.25) is 0 Å². The number of rotatable bonds is 5. The lowest BCUT2D eigenvalue weighted by Crippen LogP contribution is -2.24. The van der Waals surface area contributed by atoms with Crippen LogP contribution in [-0.2, 0) is 6.54 Å². The van der Waals surface area contributed by atoms with Crippen LogP contribution >= 0.6 is 0 Å². The molecule has 0 amide bonds. The number of likely N-dealkylation sites (tertiary alicyclic amines) is 1. The van der Waals surface area contributed by atoms with Gasteiger partial charge < -0.3 is 4.90 Å². The van der Waals surface area contributed by atoms with Gasteiger partial charge in [-0.1, -0.05) is 18.9 Å². The Kier molecular flexibility index (Phi) is 5.86. The molecular weight excluding hydrogens is 396 g/mol. The van der Waals surface area contributed by atoms with E-state index in [0.29, 0.717) is 0 Å². The van der Waals surface area contributed by atoms with Gasteiger partial charge in [0.25, 0.3) is 0 Å². The molecule has 6 heteroatoms. The van der Waals surface area contributed by atoms with E-state index in [1.807, 2.05) is 54.5 Å². The fraction of sp³-hybridized carbons (Fsp3) is 0.346. The molecule has 6 nitrogen and oxygen atoms in total. The first kappa shape index (κ1) is 20.6. The van der Waals surface area contributed by atoms with Crippen LogP contribution in [0.1, 0.15) is 31.2 Å². The van der Waals surface area contributed by atoms with Crippen molar-refractivity contribution in [1.29, 1.82) is 0 Å². The van der Waals surface area contributed by atoms with Crippen molar-refractivity contribution in [2.24, 2.45) is 0 Å². The Morgan fingerprint density at radius 3 is 2.44 bits per heavy atom. The lowest BCUT2D eigenvalue weighted by atomic mass is 10.0. The molecule has 1 fully saturated rings. The standard InChI is InChI=1S/C26H30N6/c1-30(2)26-10-8-24(18-28-26)32-25-9-7-21(14-23(25)17-29-32)22-13-20(15-27-16-22)19-31-11-5-3-4-6-12-31/h7-10,13-18H,3-6,11-12,19H2,1-2H3. The van der Waals surface area contributed by atoms with E-state index in [0.717, 1.165) is 34.5 Å². The molecule has 0 spiro atoms. The van der Waals surface area contributed by atoms with E-state index in [9.17, 15) is 0 Å². The summed E-state index contributed by atoms with van der Waals surface area (Å²) in [6.07, 6.45) is 13.1. The second-order valence-corrected chi connectivity index (χ2v) is 8.87. The first-order valence-electron chi connectivity index (χ1n) is 11.5. The molecular formula is C26H30N6. The van der Waals surface area contributed by atoms with Gasteiger partial charge in [-0.15, -0.1) is 0 Å². The van der Waals surface area contributed by atoms with Crippen molar-refractivity contribution in [1.82, 2.24) is 24.6 Å². The van der Waals surface area contributed by atoms with Crippen LogP contribution < -0.4 is 4.90 Å². The third-order valence-corrected chi connectivity index (χ3v) is 6.24. The molecule has 0 bridgehead atoms. The first-order chi connectivity index (χ1) is 15.7. The molecule has 0 unspecified atom stereocenters. The van der Waals surface area contributed by atoms with Crippen LogP contribution in [0.5, 0.6) is 0 Å². The van der Waals surface area contributed by atoms with Crippen LogP contribution in [0.4, 0.5) is 5.82 Å². The maximum absolute atomic E-state index is 4.62. The molecule has 5 rings (SSSR count). The summed E-state index contributed by atoms with van der Waals surface area (Å²) in [5.41, 5.74) is 5.64. The zero-order chi connectivity index (χ0) is 21.9. The Balaban J connectivity index is 1.39. The van der Waals surface area contributed by atoms with Gasteiger partial charge in [0, 0.05) is 44.0 Å². The summed E-state index contributed by atoms with van der Waals surface area (Å²) in [6.45, 7) is 3.37. The lowest BCUT2D eigenvalue weighted by molar-refractivity contribution is 0.277. The minimum absolute atomic E-state index is 0.931. The van der Waals surface area contributed by atoms with E-state index < -0.39 is 0 Å². The number of fused-ring (bicyclic) bond motifs is 1. The Morgan fingerprint density at radius 1 is 0.844 bits per heavy atom. The first-order valence-corrected chi connectivity index (χ1v) is 11.5. The summed E-state index contributed by atoms with van der Waals surface area (Å²) in [4.78, 5) is 13.6. The largest absolute Gasteiger partial charge is 0.363 e. The molecule has 4 aromatic rings. The molecule has 32 heavy (non-hydrogen) atoms. The summed E-state index contributed by atoms with van der Waals surface area (Å²) >= 11 is 0. The maximum Gasteiger partial charge on any atom is 0.128 e. The van der Waals surface area contributed by atoms with Crippen LogP contribution in [0.3, 0.4) is 0 Å². The van der Waals surface area contributed by atoms with Gasteiger partial charge in [0.1, 0.15) is 5.82 Å². The van der Waals surface area contributed by atoms with Crippen LogP contribution in [0.15, 0.2) is 61.2 Å². The molecule has 0 radical (unpaired) electrons. The summed E-state index contributed by atoms with van der Waals surface area (Å²) in [5.74, 6) is 0.931. The van der Waals surface area contributed by atoms with E-state index in [2.05, 4.69) is 50.3 Å². The van der Waals surface area contributed by atoms with Crippen molar-refractivity contribution in [2.75, 3.05) is 32.1 Å². The third kappa shape index (κ3) is 4.36. The van der Waals surface area contributed by atoms with Crippen molar-refractivity contribution in [3.63, 3.8) is 0 Å². The number of hydrogen-bond acceptors (Lipinski definition) is 5. The van der Waals surface area contributed by atoms with Gasteiger partial charge in [0.2, 0.25) is 0 Å². The Bertz CT molecular complexity index is 1190. The molecule has 1 aromatic carbocycles. The normalized spacial score (nSPS) is 15.1. The third-order valence-electron chi connectivity index (χ3n) is 6.24. The molecule has 3 aromatic heterocycles. The SMILES string of the molecule is CN(C)c1ccc(-n2ncc3cc(-c4cncc(CN5CCCCCC5)c4)ccc32)cn1. The van der Waals surface area contributed by atoms with Crippen molar-refractivity contribution < 1.29 is 0 Å². The number of aromatic nitrogens is 4. The Morgan fingerprint density at radius 2 is 1.69 bits per heavy atom. The van der Waals surface area contributed by atoms with Crippen LogP contribution in [0.25, 0.3) is 27.7 Å². The number of benzene rings is 1. The Labute approximate surface area is 189 Å². The van der Waals surface area contributed by atoms with Gasteiger partial charge in [-0.05, 0) is 67.4 Å². The van der Waals surface area contributed by atoms with Crippen molar-refractivity contribution in [2.45, 2.75) is 32.2 Å². The van der Waals surface area contributed by atoms with Gasteiger partial charge in [0.15, 0.2) is 0 Å². The zero-order valence-corrected chi connectivity index (χ0v) is 18.9. The number of nitrogens with zero attached hydrogens (tertiary/aromatic N) is 6. The molecule has 0 N–H and O–H groups in total. The quantitative estimate of drug-likeness (QED) is 0.453. The second-order valence-electron chi connectivity index (χ2n) is 8.87. The summed E-state index contributed by atoms with van der Waals surface area (Å²) in [5, 5.41) is 5.73. The molecule has 1 saturated heterocycles. The Hall–Kier alpha value is -3.25. The number of pyridine rings is 2. The fourth-order valence-electron chi connectivity index (χ4n) is 4.47. The number of anilines is 1. The van der Waals surface area contributed by atoms with Crippen LogP contribution in [0, 0.1) is 0 Å². The van der Waals surface area contributed by atoms with Gasteiger partial charge in [-0.25, -0.2) is 9.67 Å². The average molecular weight is 427 g/mol. The maximum atomic E-state index is 4.62. The lowest BCUT2D eigenvalue weighted by Gasteiger charge is -2.19.